The Hall–Kier alpha value is -2.89. The molecule has 0 atom stereocenters. The molecule has 5 nitrogen and oxygen atoms in total. The summed E-state index contributed by atoms with van der Waals surface area (Å²) in [6, 6.07) is 13.1. The van der Waals surface area contributed by atoms with Crippen LogP contribution in [0, 0.1) is 5.82 Å². The fraction of sp³-hybridized carbons (Fsp3) is 0.333. The molecule has 0 aliphatic carbocycles. The highest BCUT2D eigenvalue weighted by Crippen LogP contribution is 2.15. The minimum absolute atomic E-state index is 0.0491. The maximum Gasteiger partial charge on any atom is 0.253 e. The smallest absolute Gasteiger partial charge is 0.253 e. The first-order valence-corrected chi connectivity index (χ1v) is 9.11. The number of amides is 2. The van der Waals surface area contributed by atoms with Gasteiger partial charge in [0.25, 0.3) is 5.91 Å². The van der Waals surface area contributed by atoms with Crippen molar-refractivity contribution in [3.05, 3.63) is 65.5 Å². The van der Waals surface area contributed by atoms with Crippen LogP contribution in [0.4, 0.5) is 4.39 Å². The van der Waals surface area contributed by atoms with Crippen LogP contribution in [0.1, 0.15) is 22.8 Å². The molecule has 0 aromatic heterocycles. The molecule has 0 saturated carbocycles. The van der Waals surface area contributed by atoms with Gasteiger partial charge in [-0.1, -0.05) is 12.1 Å². The number of hydrogen-bond acceptors (Lipinski definition) is 3. The van der Waals surface area contributed by atoms with Gasteiger partial charge in [-0.2, -0.15) is 0 Å². The predicted octanol–water partition coefficient (Wildman–Crippen LogP) is 2.75. The quantitative estimate of drug-likeness (QED) is 0.813. The highest BCUT2D eigenvalue weighted by atomic mass is 19.1. The third kappa shape index (κ3) is 4.84. The Morgan fingerprint density at radius 2 is 1.52 bits per heavy atom. The second-order valence-electron chi connectivity index (χ2n) is 6.43. The zero-order valence-corrected chi connectivity index (χ0v) is 15.4. The molecular formula is C21H23FN2O3. The Morgan fingerprint density at radius 3 is 2.11 bits per heavy atom. The van der Waals surface area contributed by atoms with Crippen molar-refractivity contribution in [1.29, 1.82) is 0 Å². The molecule has 2 aromatic carbocycles. The average Bonchev–Trinajstić information content (AvgIpc) is 2.70. The third-order valence-electron chi connectivity index (χ3n) is 4.60. The molecule has 1 aliphatic heterocycles. The van der Waals surface area contributed by atoms with Gasteiger partial charge < -0.3 is 14.5 Å². The summed E-state index contributed by atoms with van der Waals surface area (Å²) in [4.78, 5) is 28.4. The molecule has 1 saturated heterocycles. The molecule has 1 fully saturated rings. The second kappa shape index (κ2) is 8.66. The highest BCUT2D eigenvalue weighted by Gasteiger charge is 2.24. The van der Waals surface area contributed by atoms with Gasteiger partial charge in [-0.3, -0.25) is 9.59 Å². The van der Waals surface area contributed by atoms with Crippen LogP contribution < -0.4 is 4.74 Å². The molecule has 3 rings (SSSR count). The van der Waals surface area contributed by atoms with Gasteiger partial charge in [0.2, 0.25) is 5.91 Å². The molecule has 2 amide bonds. The summed E-state index contributed by atoms with van der Waals surface area (Å²) < 4.78 is 18.4. The lowest BCUT2D eigenvalue weighted by Gasteiger charge is -2.35. The number of nitrogens with zero attached hydrogens (tertiary/aromatic N) is 2. The topological polar surface area (TPSA) is 49.9 Å². The maximum absolute atomic E-state index is 13.0. The lowest BCUT2D eigenvalue weighted by Crippen LogP contribution is -2.51. The van der Waals surface area contributed by atoms with Crippen molar-refractivity contribution in [3.8, 4) is 5.75 Å². The van der Waals surface area contributed by atoms with Crippen molar-refractivity contribution in [3.63, 3.8) is 0 Å². The van der Waals surface area contributed by atoms with E-state index in [1.165, 1.54) is 24.3 Å². The molecule has 0 bridgehead atoms. The summed E-state index contributed by atoms with van der Waals surface area (Å²) in [5, 5.41) is 0. The molecule has 1 aliphatic rings. The molecule has 27 heavy (non-hydrogen) atoms. The monoisotopic (exact) mass is 370 g/mol. The first-order chi connectivity index (χ1) is 13.1. The maximum atomic E-state index is 13.0. The molecule has 6 heteroatoms. The van der Waals surface area contributed by atoms with Gasteiger partial charge in [0, 0.05) is 31.7 Å². The summed E-state index contributed by atoms with van der Waals surface area (Å²) in [5.74, 6) is 0.347. The normalized spacial score (nSPS) is 14.1. The largest absolute Gasteiger partial charge is 0.494 e. The minimum Gasteiger partial charge on any atom is -0.494 e. The van der Waals surface area contributed by atoms with E-state index in [1.807, 2.05) is 31.2 Å². The van der Waals surface area contributed by atoms with Crippen molar-refractivity contribution in [1.82, 2.24) is 9.80 Å². The fourth-order valence-electron chi connectivity index (χ4n) is 3.09. The van der Waals surface area contributed by atoms with Crippen LogP contribution in [0.5, 0.6) is 5.75 Å². The number of ether oxygens (including phenoxy) is 1. The standard InChI is InChI=1S/C21H23FN2O3/c1-2-27-19-9-3-16(4-10-19)15-20(25)23-11-13-24(14-12-23)21(26)17-5-7-18(22)8-6-17/h3-10H,2,11-15H2,1H3. The number of halogens is 1. The number of hydrogen-bond donors (Lipinski definition) is 0. The minimum atomic E-state index is -0.365. The van der Waals surface area contributed by atoms with E-state index in [0.29, 0.717) is 44.8 Å². The zero-order valence-electron chi connectivity index (χ0n) is 15.4. The van der Waals surface area contributed by atoms with Gasteiger partial charge >= 0.3 is 0 Å². The van der Waals surface area contributed by atoms with E-state index < -0.39 is 0 Å². The molecule has 0 radical (unpaired) electrons. The number of benzene rings is 2. The van der Waals surface area contributed by atoms with Crippen LogP contribution in [0.25, 0.3) is 0 Å². The van der Waals surface area contributed by atoms with E-state index >= 15 is 0 Å². The fourth-order valence-corrected chi connectivity index (χ4v) is 3.09. The zero-order chi connectivity index (χ0) is 19.2. The van der Waals surface area contributed by atoms with Crippen LogP contribution in [-0.4, -0.2) is 54.4 Å². The van der Waals surface area contributed by atoms with Crippen LogP contribution in [0.3, 0.4) is 0 Å². The van der Waals surface area contributed by atoms with Crippen molar-refractivity contribution in [2.45, 2.75) is 13.3 Å². The van der Waals surface area contributed by atoms with E-state index in [-0.39, 0.29) is 17.6 Å². The number of carbonyl (C=O) groups excluding carboxylic acids is 2. The molecule has 1 heterocycles. The lowest BCUT2D eigenvalue weighted by molar-refractivity contribution is -0.131. The Kier molecular flexibility index (Phi) is 6.06. The summed E-state index contributed by atoms with van der Waals surface area (Å²) >= 11 is 0. The predicted molar refractivity (Wildman–Crippen MR) is 100 cm³/mol. The third-order valence-corrected chi connectivity index (χ3v) is 4.60. The molecule has 0 N–H and O–H groups in total. The van der Waals surface area contributed by atoms with E-state index in [9.17, 15) is 14.0 Å². The number of rotatable bonds is 5. The van der Waals surface area contributed by atoms with Crippen LogP contribution in [-0.2, 0) is 11.2 Å². The average molecular weight is 370 g/mol. The molecule has 2 aromatic rings. The Labute approximate surface area is 158 Å². The van der Waals surface area contributed by atoms with Gasteiger partial charge in [0.05, 0.1) is 13.0 Å². The van der Waals surface area contributed by atoms with Gasteiger partial charge in [0.15, 0.2) is 0 Å². The van der Waals surface area contributed by atoms with Gasteiger partial charge in [-0.05, 0) is 48.9 Å². The number of carbonyl (C=O) groups is 2. The summed E-state index contributed by atoms with van der Waals surface area (Å²) in [5.41, 5.74) is 1.40. The summed E-state index contributed by atoms with van der Waals surface area (Å²) in [6.45, 7) is 4.50. The van der Waals surface area contributed by atoms with Crippen molar-refractivity contribution in [2.24, 2.45) is 0 Å². The van der Waals surface area contributed by atoms with Gasteiger partial charge in [-0.15, -0.1) is 0 Å². The lowest BCUT2D eigenvalue weighted by atomic mass is 10.1. The first-order valence-electron chi connectivity index (χ1n) is 9.11. The summed E-state index contributed by atoms with van der Waals surface area (Å²) in [6.07, 6.45) is 0.332. The van der Waals surface area contributed by atoms with Crippen molar-refractivity contribution < 1.29 is 18.7 Å². The van der Waals surface area contributed by atoms with E-state index in [4.69, 9.17) is 4.74 Å². The van der Waals surface area contributed by atoms with E-state index in [1.54, 1.807) is 9.80 Å². The van der Waals surface area contributed by atoms with Gasteiger partial charge in [-0.25, -0.2) is 4.39 Å². The Balaban J connectivity index is 1.51. The SMILES string of the molecule is CCOc1ccc(CC(=O)N2CCN(C(=O)c3ccc(F)cc3)CC2)cc1. The highest BCUT2D eigenvalue weighted by molar-refractivity contribution is 5.94. The molecule has 0 unspecified atom stereocenters. The molecule has 142 valence electrons. The van der Waals surface area contributed by atoms with Crippen LogP contribution >= 0.6 is 0 Å². The molecular weight excluding hydrogens is 347 g/mol. The van der Waals surface area contributed by atoms with Crippen molar-refractivity contribution >= 4 is 11.8 Å². The Morgan fingerprint density at radius 1 is 0.926 bits per heavy atom. The second-order valence-corrected chi connectivity index (χ2v) is 6.43. The van der Waals surface area contributed by atoms with Crippen LogP contribution in [0.2, 0.25) is 0 Å². The molecule has 0 spiro atoms. The van der Waals surface area contributed by atoms with Crippen LogP contribution in [0.15, 0.2) is 48.5 Å². The van der Waals surface area contributed by atoms with Gasteiger partial charge in [0.1, 0.15) is 11.6 Å². The van der Waals surface area contributed by atoms with E-state index in [0.717, 1.165) is 11.3 Å². The number of piperazine rings is 1. The van der Waals surface area contributed by atoms with Crippen molar-refractivity contribution in [2.75, 3.05) is 32.8 Å². The first kappa shape index (κ1) is 18.9. The van der Waals surface area contributed by atoms with E-state index in [2.05, 4.69) is 0 Å². The summed E-state index contributed by atoms with van der Waals surface area (Å²) in [7, 11) is 0. The Bertz CT molecular complexity index is 782.